The van der Waals surface area contributed by atoms with Gasteiger partial charge in [0.05, 0.1) is 38.4 Å². The van der Waals surface area contributed by atoms with Crippen LogP contribution in [0.1, 0.15) is 5.69 Å². The highest BCUT2D eigenvalue weighted by molar-refractivity contribution is 9.10. The fourth-order valence-electron chi connectivity index (χ4n) is 1.38. The fourth-order valence-corrected chi connectivity index (χ4v) is 2.17. The van der Waals surface area contributed by atoms with E-state index >= 15 is 0 Å². The molecule has 0 aliphatic carbocycles. The smallest absolute Gasteiger partial charge is 0.0911 e. The van der Waals surface area contributed by atoms with Gasteiger partial charge in [0.1, 0.15) is 0 Å². The third kappa shape index (κ3) is 2.47. The molecule has 0 saturated heterocycles. The summed E-state index contributed by atoms with van der Waals surface area (Å²) >= 11 is 15.4. The Morgan fingerprint density at radius 3 is 2.88 bits per heavy atom. The molecule has 3 nitrogen and oxygen atoms in total. The second-order valence-corrected chi connectivity index (χ2v) is 4.92. The summed E-state index contributed by atoms with van der Waals surface area (Å²) < 4.78 is 2.38. The summed E-state index contributed by atoms with van der Waals surface area (Å²) in [5.41, 5.74) is 1.35. The Morgan fingerprint density at radius 1 is 1.41 bits per heavy atom. The molecular formula is C11H6BrCl2N3. The van der Waals surface area contributed by atoms with Crippen LogP contribution in [0.5, 0.6) is 0 Å². The van der Waals surface area contributed by atoms with E-state index in [-0.39, 0.29) is 6.42 Å². The van der Waals surface area contributed by atoms with Crippen LogP contribution in [0.25, 0.3) is 5.69 Å². The maximum Gasteiger partial charge on any atom is 0.0911 e. The Hall–Kier alpha value is -1.02. The molecule has 0 aliphatic rings. The Kier molecular flexibility index (Phi) is 3.72. The Labute approximate surface area is 117 Å². The first-order valence-electron chi connectivity index (χ1n) is 4.69. The first-order chi connectivity index (χ1) is 8.13. The summed E-state index contributed by atoms with van der Waals surface area (Å²) in [5, 5.41) is 13.8. The lowest BCUT2D eigenvalue weighted by Crippen LogP contribution is -1.97. The lowest BCUT2D eigenvalue weighted by Gasteiger charge is -2.04. The summed E-state index contributed by atoms with van der Waals surface area (Å²) in [6, 6.07) is 7.37. The number of hydrogen-bond acceptors (Lipinski definition) is 2. The molecule has 17 heavy (non-hydrogen) atoms. The van der Waals surface area contributed by atoms with Crippen molar-refractivity contribution in [3.63, 3.8) is 0 Å². The van der Waals surface area contributed by atoms with Crippen molar-refractivity contribution in [3.8, 4) is 11.8 Å². The van der Waals surface area contributed by atoms with Crippen LogP contribution in [0.2, 0.25) is 10.0 Å². The first-order valence-corrected chi connectivity index (χ1v) is 6.23. The van der Waals surface area contributed by atoms with E-state index in [4.69, 9.17) is 28.5 Å². The Bertz CT molecular complexity index is 601. The third-order valence-electron chi connectivity index (χ3n) is 2.16. The van der Waals surface area contributed by atoms with E-state index in [2.05, 4.69) is 27.1 Å². The number of aromatic nitrogens is 2. The third-order valence-corrected chi connectivity index (χ3v) is 3.64. The SMILES string of the molecule is N#CCc1nn(-c2cccc(Cl)c2Cl)cc1Br. The van der Waals surface area contributed by atoms with Gasteiger partial charge in [-0.2, -0.15) is 10.4 Å². The van der Waals surface area contributed by atoms with Gasteiger partial charge < -0.3 is 0 Å². The van der Waals surface area contributed by atoms with Crippen LogP contribution in [0.15, 0.2) is 28.9 Å². The van der Waals surface area contributed by atoms with Crippen LogP contribution < -0.4 is 0 Å². The highest BCUT2D eigenvalue weighted by atomic mass is 79.9. The predicted molar refractivity (Wildman–Crippen MR) is 70.6 cm³/mol. The second kappa shape index (κ2) is 5.09. The van der Waals surface area contributed by atoms with E-state index in [1.54, 1.807) is 23.0 Å². The molecule has 0 atom stereocenters. The van der Waals surface area contributed by atoms with Crippen molar-refractivity contribution >= 4 is 39.1 Å². The van der Waals surface area contributed by atoms with E-state index in [1.807, 2.05) is 6.07 Å². The summed E-state index contributed by atoms with van der Waals surface area (Å²) in [6.45, 7) is 0. The van der Waals surface area contributed by atoms with Gasteiger partial charge in [0.15, 0.2) is 0 Å². The molecule has 0 unspecified atom stereocenters. The molecule has 0 aliphatic heterocycles. The lowest BCUT2D eigenvalue weighted by molar-refractivity contribution is 0.853. The van der Waals surface area contributed by atoms with Crippen LogP contribution in [-0.4, -0.2) is 9.78 Å². The summed E-state index contributed by atoms with van der Waals surface area (Å²) in [7, 11) is 0. The van der Waals surface area contributed by atoms with E-state index in [0.29, 0.717) is 21.4 Å². The van der Waals surface area contributed by atoms with Gasteiger partial charge in [0.25, 0.3) is 0 Å². The molecule has 6 heteroatoms. The van der Waals surface area contributed by atoms with Gasteiger partial charge in [-0.05, 0) is 28.1 Å². The van der Waals surface area contributed by atoms with E-state index in [0.717, 1.165) is 4.47 Å². The molecule has 0 radical (unpaired) electrons. The maximum absolute atomic E-state index is 8.66. The molecule has 1 aromatic carbocycles. The normalized spacial score (nSPS) is 10.2. The molecule has 1 heterocycles. The molecule has 0 N–H and O–H groups in total. The number of hydrogen-bond donors (Lipinski definition) is 0. The van der Waals surface area contributed by atoms with Gasteiger partial charge in [-0.3, -0.25) is 0 Å². The number of halogens is 3. The van der Waals surface area contributed by atoms with Crippen molar-refractivity contribution in [1.82, 2.24) is 9.78 Å². The summed E-state index contributed by atoms with van der Waals surface area (Å²) in [4.78, 5) is 0. The predicted octanol–water partition coefficient (Wildman–Crippen LogP) is 4.01. The number of benzene rings is 1. The van der Waals surface area contributed by atoms with Crippen LogP contribution in [0, 0.1) is 11.3 Å². The number of nitriles is 1. The zero-order valence-corrected chi connectivity index (χ0v) is 11.6. The minimum Gasteiger partial charge on any atom is -0.238 e. The molecule has 2 rings (SSSR count). The van der Waals surface area contributed by atoms with Crippen LogP contribution in [0.3, 0.4) is 0 Å². The highest BCUT2D eigenvalue weighted by Gasteiger charge is 2.11. The largest absolute Gasteiger partial charge is 0.238 e. The second-order valence-electron chi connectivity index (χ2n) is 3.28. The van der Waals surface area contributed by atoms with E-state index < -0.39 is 0 Å². The van der Waals surface area contributed by atoms with Crippen molar-refractivity contribution in [2.75, 3.05) is 0 Å². The number of nitrogens with zero attached hydrogens (tertiary/aromatic N) is 3. The van der Waals surface area contributed by atoms with Gasteiger partial charge in [-0.1, -0.05) is 29.3 Å². The van der Waals surface area contributed by atoms with Crippen molar-refractivity contribution in [3.05, 3.63) is 44.6 Å². The standard InChI is InChI=1S/C11H6BrCl2N3/c12-7-6-17(16-9(7)4-5-15)10-3-1-2-8(13)11(10)14/h1-3,6H,4H2. The zero-order chi connectivity index (χ0) is 12.4. The molecule has 0 spiro atoms. The molecule has 0 saturated carbocycles. The van der Waals surface area contributed by atoms with Crippen LogP contribution in [0.4, 0.5) is 0 Å². The first kappa shape index (κ1) is 12.4. The topological polar surface area (TPSA) is 41.6 Å². The maximum atomic E-state index is 8.66. The van der Waals surface area contributed by atoms with Crippen LogP contribution in [-0.2, 0) is 6.42 Å². The Balaban J connectivity index is 2.51. The lowest BCUT2D eigenvalue weighted by atomic mass is 10.3. The molecule has 1 aromatic heterocycles. The Morgan fingerprint density at radius 2 is 2.18 bits per heavy atom. The van der Waals surface area contributed by atoms with Crippen molar-refractivity contribution in [1.29, 1.82) is 5.26 Å². The average molecular weight is 331 g/mol. The monoisotopic (exact) mass is 329 g/mol. The zero-order valence-electron chi connectivity index (χ0n) is 8.49. The fraction of sp³-hybridized carbons (Fsp3) is 0.0909. The quantitative estimate of drug-likeness (QED) is 0.834. The summed E-state index contributed by atoms with van der Waals surface area (Å²) in [6.07, 6.45) is 2.00. The van der Waals surface area contributed by atoms with E-state index in [1.165, 1.54) is 0 Å². The number of rotatable bonds is 2. The molecule has 86 valence electrons. The van der Waals surface area contributed by atoms with E-state index in [9.17, 15) is 0 Å². The molecule has 0 fully saturated rings. The van der Waals surface area contributed by atoms with Crippen LogP contribution >= 0.6 is 39.1 Å². The average Bonchev–Trinajstić information content (AvgIpc) is 2.65. The van der Waals surface area contributed by atoms with Crippen molar-refractivity contribution in [2.45, 2.75) is 6.42 Å². The van der Waals surface area contributed by atoms with Gasteiger partial charge in [0, 0.05) is 6.20 Å². The summed E-state index contributed by atoms with van der Waals surface area (Å²) in [5.74, 6) is 0. The molecule has 2 aromatic rings. The van der Waals surface area contributed by atoms with Crippen molar-refractivity contribution in [2.24, 2.45) is 0 Å². The van der Waals surface area contributed by atoms with Gasteiger partial charge >= 0.3 is 0 Å². The minimum atomic E-state index is 0.242. The minimum absolute atomic E-state index is 0.242. The molecular weight excluding hydrogens is 325 g/mol. The molecule has 0 amide bonds. The van der Waals surface area contributed by atoms with Gasteiger partial charge in [0.2, 0.25) is 0 Å². The molecule has 0 bridgehead atoms. The van der Waals surface area contributed by atoms with Gasteiger partial charge in [-0.25, -0.2) is 4.68 Å². The van der Waals surface area contributed by atoms with Gasteiger partial charge in [-0.15, -0.1) is 0 Å². The van der Waals surface area contributed by atoms with Crippen molar-refractivity contribution < 1.29 is 0 Å². The highest BCUT2D eigenvalue weighted by Crippen LogP contribution is 2.29.